The highest BCUT2D eigenvalue weighted by molar-refractivity contribution is 5.23. The molecule has 3 N–H and O–H groups in total. The fraction of sp³-hybridized carbons (Fsp3) is 0.750. The topological polar surface area (TPSA) is 67.3 Å². The highest BCUT2D eigenvalue weighted by Gasteiger charge is 2.31. The number of nitrogens with two attached hydrogens (primary N) is 1. The molecular formula is C12H22N4O. The van der Waals surface area contributed by atoms with Gasteiger partial charge in [0.25, 0.3) is 0 Å². The molecule has 96 valence electrons. The van der Waals surface area contributed by atoms with Crippen molar-refractivity contribution in [1.29, 1.82) is 0 Å². The van der Waals surface area contributed by atoms with Crippen LogP contribution in [0, 0.1) is 0 Å². The van der Waals surface area contributed by atoms with Gasteiger partial charge in [0.15, 0.2) is 0 Å². The Kier molecular flexibility index (Phi) is 3.69. The quantitative estimate of drug-likeness (QED) is 0.792. The maximum absolute atomic E-state index is 10.3. The lowest BCUT2D eigenvalue weighted by Crippen LogP contribution is -2.40. The predicted octanol–water partition coefficient (Wildman–Crippen LogP) is 0.702. The first-order valence-corrected chi connectivity index (χ1v) is 6.27. The molecule has 1 aromatic heterocycles. The van der Waals surface area contributed by atoms with Gasteiger partial charge in [-0.1, -0.05) is 12.8 Å². The molecule has 5 heteroatoms. The summed E-state index contributed by atoms with van der Waals surface area (Å²) in [5, 5.41) is 14.4. The van der Waals surface area contributed by atoms with E-state index in [1.807, 2.05) is 17.9 Å². The molecule has 0 spiro atoms. The molecule has 0 aliphatic heterocycles. The van der Waals surface area contributed by atoms with Crippen molar-refractivity contribution >= 4 is 5.82 Å². The molecule has 1 aromatic rings. The smallest absolute Gasteiger partial charge is 0.145 e. The highest BCUT2D eigenvalue weighted by atomic mass is 16.3. The Morgan fingerprint density at radius 1 is 1.53 bits per heavy atom. The van der Waals surface area contributed by atoms with E-state index in [-0.39, 0.29) is 0 Å². The zero-order valence-corrected chi connectivity index (χ0v) is 10.5. The van der Waals surface area contributed by atoms with Crippen molar-refractivity contribution < 1.29 is 5.11 Å². The molecule has 0 atom stereocenters. The van der Waals surface area contributed by atoms with E-state index in [1.165, 1.54) is 0 Å². The summed E-state index contributed by atoms with van der Waals surface area (Å²) >= 11 is 0. The Bertz CT molecular complexity index is 357. The molecule has 17 heavy (non-hydrogen) atoms. The van der Waals surface area contributed by atoms with Crippen molar-refractivity contribution in [2.75, 3.05) is 25.9 Å². The average molecular weight is 238 g/mol. The molecule has 0 saturated heterocycles. The lowest BCUT2D eigenvalue weighted by Gasteiger charge is -2.28. The molecule has 0 radical (unpaired) electrons. The summed E-state index contributed by atoms with van der Waals surface area (Å²) in [6.45, 7) is 2.44. The molecule has 1 fully saturated rings. The highest BCUT2D eigenvalue weighted by Crippen LogP contribution is 2.29. The summed E-state index contributed by atoms with van der Waals surface area (Å²) in [5.41, 5.74) is 5.09. The summed E-state index contributed by atoms with van der Waals surface area (Å²) in [5.74, 6) is 0.557. The van der Waals surface area contributed by atoms with Crippen LogP contribution in [0.25, 0.3) is 0 Å². The number of nitrogens with zero attached hydrogens (tertiary/aromatic N) is 3. The Balaban J connectivity index is 1.75. The minimum absolute atomic E-state index is 0.460. The van der Waals surface area contributed by atoms with Crippen LogP contribution in [-0.4, -0.2) is 45.5 Å². The fourth-order valence-electron chi connectivity index (χ4n) is 2.55. The molecule has 1 aliphatic rings. The molecule has 0 amide bonds. The molecule has 1 aliphatic carbocycles. The molecule has 0 unspecified atom stereocenters. The van der Waals surface area contributed by atoms with E-state index < -0.39 is 5.60 Å². The van der Waals surface area contributed by atoms with Crippen LogP contribution in [0.4, 0.5) is 5.82 Å². The van der Waals surface area contributed by atoms with Crippen LogP contribution in [0.15, 0.2) is 12.3 Å². The number of aliphatic hydroxyl groups is 1. The number of rotatable bonds is 5. The van der Waals surface area contributed by atoms with Crippen LogP contribution in [0.5, 0.6) is 0 Å². The molecule has 5 nitrogen and oxygen atoms in total. The Labute approximate surface area is 102 Å². The molecule has 0 aromatic carbocycles. The van der Waals surface area contributed by atoms with E-state index in [2.05, 4.69) is 10.00 Å². The Morgan fingerprint density at radius 2 is 2.24 bits per heavy atom. The second-order valence-electron chi connectivity index (χ2n) is 5.17. The van der Waals surface area contributed by atoms with Crippen LogP contribution >= 0.6 is 0 Å². The minimum Gasteiger partial charge on any atom is -0.389 e. The van der Waals surface area contributed by atoms with Crippen LogP contribution in [0.2, 0.25) is 0 Å². The number of aromatic nitrogens is 2. The van der Waals surface area contributed by atoms with Crippen molar-refractivity contribution in [3.63, 3.8) is 0 Å². The summed E-state index contributed by atoms with van der Waals surface area (Å²) in [6, 6.07) is 1.80. The second kappa shape index (κ2) is 5.06. The van der Waals surface area contributed by atoms with Crippen LogP contribution in [0.1, 0.15) is 25.7 Å². The Hall–Kier alpha value is -1.07. The van der Waals surface area contributed by atoms with Gasteiger partial charge in [0, 0.05) is 19.3 Å². The molecule has 1 heterocycles. The van der Waals surface area contributed by atoms with Crippen LogP contribution in [-0.2, 0) is 6.54 Å². The number of anilines is 1. The average Bonchev–Trinajstić information content (AvgIpc) is 2.85. The molecule has 2 rings (SSSR count). The summed E-state index contributed by atoms with van der Waals surface area (Å²) in [7, 11) is 2.04. The van der Waals surface area contributed by atoms with Crippen molar-refractivity contribution in [3.05, 3.63) is 12.3 Å². The third kappa shape index (κ3) is 3.44. The first-order chi connectivity index (χ1) is 8.07. The second-order valence-corrected chi connectivity index (χ2v) is 5.17. The SMILES string of the molecule is CN(CCn1ccc(N)n1)CC1(O)CCCC1. The summed E-state index contributed by atoms with van der Waals surface area (Å²) in [6.07, 6.45) is 6.06. The fourth-order valence-corrected chi connectivity index (χ4v) is 2.55. The van der Waals surface area contributed by atoms with Crippen molar-refractivity contribution in [2.45, 2.75) is 37.8 Å². The van der Waals surface area contributed by atoms with Gasteiger partial charge in [-0.15, -0.1) is 0 Å². The van der Waals surface area contributed by atoms with Gasteiger partial charge in [-0.2, -0.15) is 5.10 Å². The van der Waals surface area contributed by atoms with Gasteiger partial charge >= 0.3 is 0 Å². The first-order valence-electron chi connectivity index (χ1n) is 6.27. The van der Waals surface area contributed by atoms with Gasteiger partial charge in [-0.05, 0) is 26.0 Å². The third-order valence-electron chi connectivity index (χ3n) is 3.47. The number of likely N-dealkylation sites (N-methyl/N-ethyl adjacent to an activating group) is 1. The zero-order chi connectivity index (χ0) is 12.3. The van der Waals surface area contributed by atoms with Crippen molar-refractivity contribution in [2.24, 2.45) is 0 Å². The summed E-state index contributed by atoms with van der Waals surface area (Å²) < 4.78 is 1.84. The van der Waals surface area contributed by atoms with Crippen LogP contribution < -0.4 is 5.73 Å². The maximum Gasteiger partial charge on any atom is 0.145 e. The van der Waals surface area contributed by atoms with Gasteiger partial charge < -0.3 is 15.7 Å². The maximum atomic E-state index is 10.3. The number of hydrogen-bond donors (Lipinski definition) is 2. The van der Waals surface area contributed by atoms with Gasteiger partial charge in [-0.3, -0.25) is 4.68 Å². The minimum atomic E-state index is -0.460. The van der Waals surface area contributed by atoms with E-state index in [9.17, 15) is 5.11 Å². The van der Waals surface area contributed by atoms with Gasteiger partial charge in [-0.25, -0.2) is 0 Å². The van der Waals surface area contributed by atoms with Gasteiger partial charge in [0.2, 0.25) is 0 Å². The standard InChI is InChI=1S/C12H22N4O/c1-15(10-12(17)5-2-3-6-12)8-9-16-7-4-11(13)14-16/h4,7,17H,2-3,5-6,8-10H2,1H3,(H2,13,14). The monoisotopic (exact) mass is 238 g/mol. The van der Waals surface area contributed by atoms with Crippen molar-refractivity contribution in [1.82, 2.24) is 14.7 Å². The Morgan fingerprint density at radius 3 is 2.82 bits per heavy atom. The summed E-state index contributed by atoms with van der Waals surface area (Å²) in [4.78, 5) is 2.17. The largest absolute Gasteiger partial charge is 0.389 e. The van der Waals surface area contributed by atoms with Gasteiger partial charge in [0.05, 0.1) is 12.1 Å². The molecule has 0 bridgehead atoms. The van der Waals surface area contributed by atoms with E-state index in [0.29, 0.717) is 5.82 Å². The van der Waals surface area contributed by atoms with Crippen molar-refractivity contribution in [3.8, 4) is 0 Å². The molecule has 1 saturated carbocycles. The predicted molar refractivity (Wildman–Crippen MR) is 67.6 cm³/mol. The van der Waals surface area contributed by atoms with Crippen LogP contribution in [0.3, 0.4) is 0 Å². The normalized spacial score (nSPS) is 19.0. The van der Waals surface area contributed by atoms with E-state index >= 15 is 0 Å². The van der Waals surface area contributed by atoms with Gasteiger partial charge in [0.1, 0.15) is 5.82 Å². The first kappa shape index (κ1) is 12.4. The molecular weight excluding hydrogens is 216 g/mol. The lowest BCUT2D eigenvalue weighted by molar-refractivity contribution is 0.0155. The number of hydrogen-bond acceptors (Lipinski definition) is 4. The number of nitrogen functional groups attached to an aromatic ring is 1. The zero-order valence-electron chi connectivity index (χ0n) is 10.5. The lowest BCUT2D eigenvalue weighted by atomic mass is 10.0. The van der Waals surface area contributed by atoms with E-state index in [1.54, 1.807) is 6.07 Å². The third-order valence-corrected chi connectivity index (χ3v) is 3.47. The van der Waals surface area contributed by atoms with E-state index in [0.717, 1.165) is 45.3 Å². The van der Waals surface area contributed by atoms with E-state index in [4.69, 9.17) is 5.73 Å².